The minimum absolute atomic E-state index is 0.0175. The fraction of sp³-hybridized carbons (Fsp3) is 0.360. The second-order valence-electron chi connectivity index (χ2n) is 8.17. The number of hydrazine groups is 1. The van der Waals surface area contributed by atoms with E-state index in [0.717, 1.165) is 33.8 Å². The summed E-state index contributed by atoms with van der Waals surface area (Å²) in [7, 11) is 0. The van der Waals surface area contributed by atoms with Crippen LogP contribution in [0.25, 0.3) is 5.69 Å². The lowest BCUT2D eigenvalue weighted by molar-refractivity contribution is -0.127. The number of morpholine rings is 1. The third-order valence-corrected chi connectivity index (χ3v) is 5.48. The normalized spacial score (nSPS) is 14.3. The van der Waals surface area contributed by atoms with Gasteiger partial charge in [-0.3, -0.25) is 10.2 Å². The molecule has 0 aliphatic carbocycles. The molecule has 2 aromatic carbocycles. The Bertz CT molecular complexity index is 1090. The maximum Gasteiger partial charge on any atom is 0.234 e. The maximum absolute atomic E-state index is 12.6. The second kappa shape index (κ2) is 9.97. The topological polar surface area (TPSA) is 68.6 Å². The van der Waals surface area contributed by atoms with Gasteiger partial charge in [0, 0.05) is 25.1 Å². The van der Waals surface area contributed by atoms with Gasteiger partial charge in [0.05, 0.1) is 24.6 Å². The van der Waals surface area contributed by atoms with Crippen molar-refractivity contribution in [2.75, 3.05) is 26.3 Å². The second-order valence-corrected chi connectivity index (χ2v) is 8.17. The lowest BCUT2D eigenvalue weighted by atomic mass is 10.1. The number of hydrogen-bond donors (Lipinski definition) is 1. The minimum Gasteiger partial charge on any atom is -0.439 e. The summed E-state index contributed by atoms with van der Waals surface area (Å²) in [5.74, 6) is 1.38. The Morgan fingerprint density at radius 2 is 1.78 bits per heavy atom. The van der Waals surface area contributed by atoms with Crippen molar-refractivity contribution in [3.05, 3.63) is 70.9 Å². The third-order valence-electron chi connectivity index (χ3n) is 5.48. The lowest BCUT2D eigenvalue weighted by Crippen LogP contribution is -2.48. The highest BCUT2D eigenvalue weighted by atomic mass is 16.5. The van der Waals surface area contributed by atoms with Crippen LogP contribution in [-0.4, -0.2) is 47.0 Å². The molecule has 7 heteroatoms. The first-order valence-electron chi connectivity index (χ1n) is 11.0. The molecule has 4 rings (SSSR count). The number of aryl methyl sites for hydroxylation is 3. The first kappa shape index (κ1) is 22.0. The molecule has 168 valence electrons. The van der Waals surface area contributed by atoms with Crippen LogP contribution in [-0.2, 0) is 16.0 Å². The van der Waals surface area contributed by atoms with Crippen molar-refractivity contribution in [1.82, 2.24) is 20.2 Å². The molecule has 0 saturated carbocycles. The third kappa shape index (κ3) is 5.36. The quantitative estimate of drug-likeness (QED) is 0.611. The fourth-order valence-electron chi connectivity index (χ4n) is 3.80. The molecule has 0 bridgehead atoms. The summed E-state index contributed by atoms with van der Waals surface area (Å²) in [6, 6.07) is 16.1. The van der Waals surface area contributed by atoms with Gasteiger partial charge < -0.3 is 9.47 Å². The van der Waals surface area contributed by atoms with Crippen molar-refractivity contribution < 1.29 is 14.3 Å². The van der Waals surface area contributed by atoms with Gasteiger partial charge in [-0.15, -0.1) is 0 Å². The van der Waals surface area contributed by atoms with Gasteiger partial charge in [-0.2, -0.15) is 5.10 Å². The Balaban J connectivity index is 1.59. The number of aromatic nitrogens is 2. The van der Waals surface area contributed by atoms with Crippen LogP contribution in [0.1, 0.15) is 28.8 Å². The van der Waals surface area contributed by atoms with E-state index in [9.17, 15) is 4.79 Å². The van der Waals surface area contributed by atoms with Crippen molar-refractivity contribution in [3.8, 4) is 17.3 Å². The predicted molar refractivity (Wildman–Crippen MR) is 123 cm³/mol. The highest BCUT2D eigenvalue weighted by Crippen LogP contribution is 2.32. The van der Waals surface area contributed by atoms with Crippen LogP contribution in [0.2, 0.25) is 0 Å². The zero-order valence-electron chi connectivity index (χ0n) is 18.9. The molecule has 0 atom stereocenters. The molecule has 0 radical (unpaired) electrons. The van der Waals surface area contributed by atoms with Crippen LogP contribution in [0.15, 0.2) is 48.5 Å². The van der Waals surface area contributed by atoms with E-state index in [1.807, 2.05) is 59.9 Å². The van der Waals surface area contributed by atoms with Crippen LogP contribution >= 0.6 is 0 Å². The molecule has 1 fully saturated rings. The summed E-state index contributed by atoms with van der Waals surface area (Å²) in [5, 5.41) is 6.68. The first-order valence-corrected chi connectivity index (χ1v) is 11.0. The SMILES string of the molecule is Cc1cccc(Oc2c(CCC(=O)NN3CCOCC3)c(C)nn2-c2cccc(C)c2)c1. The van der Waals surface area contributed by atoms with Gasteiger partial charge in [0.15, 0.2) is 0 Å². The smallest absolute Gasteiger partial charge is 0.234 e. The van der Waals surface area contributed by atoms with Gasteiger partial charge in [0.2, 0.25) is 11.8 Å². The van der Waals surface area contributed by atoms with Gasteiger partial charge in [0.25, 0.3) is 0 Å². The molecule has 3 aromatic rings. The van der Waals surface area contributed by atoms with E-state index >= 15 is 0 Å². The molecule has 1 amide bonds. The molecular weight excluding hydrogens is 404 g/mol. The van der Waals surface area contributed by atoms with E-state index in [1.165, 1.54) is 0 Å². The zero-order valence-corrected chi connectivity index (χ0v) is 18.9. The van der Waals surface area contributed by atoms with Crippen molar-refractivity contribution in [2.45, 2.75) is 33.6 Å². The number of nitrogens with zero attached hydrogens (tertiary/aromatic N) is 3. The monoisotopic (exact) mass is 434 g/mol. The number of nitrogens with one attached hydrogen (secondary N) is 1. The van der Waals surface area contributed by atoms with Crippen LogP contribution in [0, 0.1) is 20.8 Å². The first-order chi connectivity index (χ1) is 15.5. The summed E-state index contributed by atoms with van der Waals surface area (Å²) >= 11 is 0. The average molecular weight is 435 g/mol. The molecule has 2 heterocycles. The van der Waals surface area contributed by atoms with Crippen LogP contribution in [0.5, 0.6) is 11.6 Å². The number of ether oxygens (including phenoxy) is 2. The summed E-state index contributed by atoms with van der Waals surface area (Å²) in [4.78, 5) is 12.6. The Kier molecular flexibility index (Phi) is 6.87. The van der Waals surface area contributed by atoms with Gasteiger partial charge in [-0.05, 0) is 62.6 Å². The van der Waals surface area contributed by atoms with E-state index in [4.69, 9.17) is 14.6 Å². The van der Waals surface area contributed by atoms with Crippen molar-refractivity contribution >= 4 is 5.91 Å². The zero-order chi connectivity index (χ0) is 22.5. The molecule has 1 N–H and O–H groups in total. The molecule has 32 heavy (non-hydrogen) atoms. The summed E-state index contributed by atoms with van der Waals surface area (Å²) in [5.41, 5.74) is 7.96. The summed E-state index contributed by atoms with van der Waals surface area (Å²) in [6.45, 7) is 8.74. The Labute approximate surface area is 188 Å². The molecular formula is C25H30N4O3. The summed E-state index contributed by atoms with van der Waals surface area (Å²) in [6.07, 6.45) is 0.886. The predicted octanol–water partition coefficient (Wildman–Crippen LogP) is 3.89. The fourth-order valence-corrected chi connectivity index (χ4v) is 3.80. The number of carbonyl (C=O) groups excluding carboxylic acids is 1. The summed E-state index contributed by atoms with van der Waals surface area (Å²) < 4.78 is 13.5. The Morgan fingerprint density at radius 1 is 1.06 bits per heavy atom. The standard InChI is InChI=1S/C25H30N4O3/c1-18-6-4-8-21(16-18)29-25(32-22-9-5-7-19(2)17-22)23(20(3)26-29)10-11-24(30)27-28-12-14-31-15-13-28/h4-9,16-17H,10-15H2,1-3H3,(H,27,30). The highest BCUT2D eigenvalue weighted by molar-refractivity contribution is 5.75. The van der Waals surface area contributed by atoms with Crippen LogP contribution < -0.4 is 10.2 Å². The van der Waals surface area contributed by atoms with Crippen LogP contribution in [0.4, 0.5) is 0 Å². The van der Waals surface area contributed by atoms with Gasteiger partial charge in [0.1, 0.15) is 5.75 Å². The van der Waals surface area contributed by atoms with Gasteiger partial charge in [-0.25, -0.2) is 9.69 Å². The van der Waals surface area contributed by atoms with Gasteiger partial charge >= 0.3 is 0 Å². The minimum atomic E-state index is -0.0175. The average Bonchev–Trinajstić information content (AvgIpc) is 3.08. The molecule has 0 unspecified atom stereocenters. The van der Waals surface area contributed by atoms with Gasteiger partial charge in [-0.1, -0.05) is 24.3 Å². The Morgan fingerprint density at radius 3 is 2.50 bits per heavy atom. The highest BCUT2D eigenvalue weighted by Gasteiger charge is 2.21. The largest absolute Gasteiger partial charge is 0.439 e. The lowest BCUT2D eigenvalue weighted by Gasteiger charge is -2.26. The molecule has 7 nitrogen and oxygen atoms in total. The van der Waals surface area contributed by atoms with E-state index in [2.05, 4.69) is 24.5 Å². The van der Waals surface area contributed by atoms with E-state index < -0.39 is 0 Å². The van der Waals surface area contributed by atoms with E-state index in [-0.39, 0.29) is 5.91 Å². The Hall–Kier alpha value is -3.16. The van der Waals surface area contributed by atoms with Crippen molar-refractivity contribution in [1.29, 1.82) is 0 Å². The van der Waals surface area contributed by atoms with E-state index in [1.54, 1.807) is 0 Å². The maximum atomic E-state index is 12.6. The van der Waals surface area contributed by atoms with E-state index in [0.29, 0.717) is 45.0 Å². The molecule has 0 spiro atoms. The molecule has 1 aliphatic heterocycles. The number of hydrogen-bond acceptors (Lipinski definition) is 5. The van der Waals surface area contributed by atoms with Crippen molar-refractivity contribution in [3.63, 3.8) is 0 Å². The molecule has 1 saturated heterocycles. The number of rotatable bonds is 7. The van der Waals surface area contributed by atoms with Crippen LogP contribution in [0.3, 0.4) is 0 Å². The molecule has 1 aliphatic rings. The van der Waals surface area contributed by atoms with Crippen molar-refractivity contribution in [2.24, 2.45) is 0 Å². The number of amides is 1. The number of benzene rings is 2. The number of carbonyl (C=O) groups is 1. The molecule has 1 aromatic heterocycles.